The molecule has 0 aromatic heterocycles. The molecule has 1 saturated carbocycles. The Bertz CT molecular complexity index is 1920. The minimum atomic E-state index is -4.36. The highest BCUT2D eigenvalue weighted by Crippen LogP contribution is 2.33. The van der Waals surface area contributed by atoms with E-state index in [0.29, 0.717) is 21.4 Å². The number of nitrogens with zero attached hydrogens (tertiary/aromatic N) is 2. The predicted molar refractivity (Wildman–Crippen MR) is 201 cm³/mol. The van der Waals surface area contributed by atoms with Crippen LogP contribution in [0.25, 0.3) is 0 Å². The second-order valence-corrected chi connectivity index (χ2v) is 15.4. The Balaban J connectivity index is 1.59. The SMILES string of the molecule is COc1ccc(S(=O)(=O)N(CC(=O)N(Cc2ccc(Cl)cc2Cl)[C@@H](Cc2ccccc2)C(=O)NC2CCCCC2)c2ccc(C)cc2)cc1OC. The fourth-order valence-corrected chi connectivity index (χ4v) is 8.17. The first-order valence-electron chi connectivity index (χ1n) is 16.9. The molecule has 0 unspecified atom stereocenters. The molecule has 4 aromatic rings. The van der Waals surface area contributed by atoms with Gasteiger partial charge >= 0.3 is 0 Å². The highest BCUT2D eigenvalue weighted by atomic mass is 35.5. The van der Waals surface area contributed by atoms with Crippen LogP contribution in [0.1, 0.15) is 48.8 Å². The van der Waals surface area contributed by atoms with E-state index >= 15 is 0 Å². The van der Waals surface area contributed by atoms with Gasteiger partial charge in [0.1, 0.15) is 12.6 Å². The number of ether oxygens (including phenoxy) is 2. The van der Waals surface area contributed by atoms with E-state index in [0.717, 1.165) is 47.5 Å². The molecule has 0 spiro atoms. The van der Waals surface area contributed by atoms with Crippen molar-refractivity contribution in [1.29, 1.82) is 0 Å². The number of halogens is 2. The van der Waals surface area contributed by atoms with E-state index in [9.17, 15) is 18.0 Å². The summed E-state index contributed by atoms with van der Waals surface area (Å²) in [6.07, 6.45) is 5.04. The molecule has 1 fully saturated rings. The van der Waals surface area contributed by atoms with Gasteiger partial charge in [0.15, 0.2) is 11.5 Å². The number of hydrogen-bond donors (Lipinski definition) is 1. The zero-order valence-corrected chi connectivity index (χ0v) is 31.3. The molecule has 1 aliphatic rings. The van der Waals surface area contributed by atoms with Crippen LogP contribution >= 0.6 is 23.2 Å². The summed E-state index contributed by atoms with van der Waals surface area (Å²) in [5.74, 6) is -0.331. The van der Waals surface area contributed by atoms with Crippen LogP contribution in [0.2, 0.25) is 10.0 Å². The highest BCUT2D eigenvalue weighted by Gasteiger charge is 2.36. The first kappa shape index (κ1) is 38.0. The number of methoxy groups -OCH3 is 2. The zero-order chi connectivity index (χ0) is 36.5. The molecule has 4 aromatic carbocycles. The summed E-state index contributed by atoms with van der Waals surface area (Å²) < 4.78 is 40.8. The van der Waals surface area contributed by atoms with Crippen LogP contribution in [0, 0.1) is 6.92 Å². The van der Waals surface area contributed by atoms with Crippen molar-refractivity contribution in [2.45, 2.75) is 69.0 Å². The number of aryl methyl sites for hydroxylation is 1. The van der Waals surface area contributed by atoms with E-state index in [1.165, 1.54) is 37.3 Å². The molecule has 2 amide bonds. The highest BCUT2D eigenvalue weighted by molar-refractivity contribution is 7.92. The summed E-state index contributed by atoms with van der Waals surface area (Å²) in [6, 6.07) is 24.5. The monoisotopic (exact) mass is 751 g/mol. The molecule has 0 aliphatic heterocycles. The van der Waals surface area contributed by atoms with Gasteiger partial charge in [0.2, 0.25) is 11.8 Å². The van der Waals surface area contributed by atoms with Gasteiger partial charge in [-0.25, -0.2) is 8.42 Å². The van der Waals surface area contributed by atoms with E-state index in [2.05, 4.69) is 5.32 Å². The molecular weight excluding hydrogens is 709 g/mol. The third kappa shape index (κ3) is 9.55. The number of hydrogen-bond acceptors (Lipinski definition) is 6. The molecule has 12 heteroatoms. The Hall–Kier alpha value is -4.25. The second-order valence-electron chi connectivity index (χ2n) is 12.7. The van der Waals surface area contributed by atoms with Crippen LogP contribution in [0.5, 0.6) is 11.5 Å². The predicted octanol–water partition coefficient (Wildman–Crippen LogP) is 7.60. The number of anilines is 1. The van der Waals surface area contributed by atoms with E-state index < -0.39 is 28.5 Å². The van der Waals surface area contributed by atoms with E-state index in [4.69, 9.17) is 32.7 Å². The fourth-order valence-electron chi connectivity index (χ4n) is 6.28. The van der Waals surface area contributed by atoms with Crippen molar-refractivity contribution in [3.8, 4) is 11.5 Å². The van der Waals surface area contributed by atoms with Gasteiger partial charge in [-0.1, -0.05) is 96.6 Å². The average Bonchev–Trinajstić information content (AvgIpc) is 3.13. The smallest absolute Gasteiger partial charge is 0.264 e. The van der Waals surface area contributed by atoms with Crippen LogP contribution in [0.4, 0.5) is 5.69 Å². The van der Waals surface area contributed by atoms with Crippen molar-refractivity contribution in [3.63, 3.8) is 0 Å². The summed E-state index contributed by atoms with van der Waals surface area (Å²) in [4.78, 5) is 30.5. The summed E-state index contributed by atoms with van der Waals surface area (Å²) >= 11 is 12.9. The number of rotatable bonds is 14. The van der Waals surface area contributed by atoms with Gasteiger partial charge in [0.25, 0.3) is 10.0 Å². The molecule has 1 N–H and O–H groups in total. The van der Waals surface area contributed by atoms with Crippen molar-refractivity contribution in [3.05, 3.63) is 118 Å². The molecular formula is C39H43Cl2N3O6S. The van der Waals surface area contributed by atoms with Crippen LogP contribution < -0.4 is 19.1 Å². The van der Waals surface area contributed by atoms with Crippen LogP contribution in [-0.4, -0.2) is 58.0 Å². The Morgan fingerprint density at radius 1 is 0.863 bits per heavy atom. The Morgan fingerprint density at radius 2 is 1.55 bits per heavy atom. The summed E-state index contributed by atoms with van der Waals surface area (Å²) in [5.41, 5.74) is 2.59. The third-order valence-corrected chi connectivity index (χ3v) is 11.5. The number of sulfonamides is 1. The fraction of sp³-hybridized carbons (Fsp3) is 0.333. The maximum atomic E-state index is 14.8. The lowest BCUT2D eigenvalue weighted by atomic mass is 9.94. The Morgan fingerprint density at radius 3 is 2.20 bits per heavy atom. The van der Waals surface area contributed by atoms with Gasteiger partial charge in [-0.15, -0.1) is 0 Å². The van der Waals surface area contributed by atoms with Gasteiger partial charge < -0.3 is 19.7 Å². The standard InChI is InChI=1S/C39H43Cl2N3O6S/c1-27-14-18-32(19-15-27)44(51(47,48)33-20-21-36(49-2)37(24-33)50-3)26-38(45)43(25-29-16-17-30(40)23-34(29)41)35(22-28-10-6-4-7-11-28)39(46)42-31-12-8-5-9-13-31/h4,6-7,10-11,14-21,23-24,31,35H,5,8-9,12-13,22,25-26H2,1-3H3,(H,42,46)/t35-/m0/s1. The second kappa shape index (κ2) is 17.3. The van der Waals surface area contributed by atoms with Gasteiger partial charge in [0.05, 0.1) is 24.8 Å². The minimum absolute atomic E-state index is 0.0184. The maximum absolute atomic E-state index is 14.8. The van der Waals surface area contributed by atoms with Crippen molar-refractivity contribution in [1.82, 2.24) is 10.2 Å². The van der Waals surface area contributed by atoms with Gasteiger partial charge in [-0.05, 0) is 67.3 Å². The average molecular weight is 753 g/mol. The molecule has 0 bridgehead atoms. The molecule has 0 heterocycles. The molecule has 0 radical (unpaired) electrons. The summed E-state index contributed by atoms with van der Waals surface area (Å²) in [5, 5.41) is 3.95. The lowest BCUT2D eigenvalue weighted by Crippen LogP contribution is -2.55. The molecule has 1 atom stereocenters. The quantitative estimate of drug-likeness (QED) is 0.142. The third-order valence-electron chi connectivity index (χ3n) is 9.12. The Kier molecular flexibility index (Phi) is 12.9. The molecule has 9 nitrogen and oxygen atoms in total. The normalized spacial score (nSPS) is 14.0. The molecule has 1 aliphatic carbocycles. The first-order valence-corrected chi connectivity index (χ1v) is 19.1. The number of carbonyl (C=O) groups excluding carboxylic acids is 2. The Labute approximate surface area is 310 Å². The van der Waals surface area contributed by atoms with Crippen molar-refractivity contribution >= 4 is 50.7 Å². The van der Waals surface area contributed by atoms with E-state index in [1.807, 2.05) is 37.3 Å². The van der Waals surface area contributed by atoms with E-state index in [1.54, 1.807) is 42.5 Å². The van der Waals surface area contributed by atoms with E-state index in [-0.39, 0.29) is 41.2 Å². The summed E-state index contributed by atoms with van der Waals surface area (Å²) in [7, 11) is -1.48. The minimum Gasteiger partial charge on any atom is -0.493 e. The van der Waals surface area contributed by atoms with Crippen molar-refractivity contribution in [2.75, 3.05) is 25.1 Å². The zero-order valence-electron chi connectivity index (χ0n) is 29.0. The van der Waals surface area contributed by atoms with Gasteiger partial charge in [-0.2, -0.15) is 0 Å². The number of nitrogens with one attached hydrogen (secondary N) is 1. The lowest BCUT2D eigenvalue weighted by Gasteiger charge is -2.35. The van der Waals surface area contributed by atoms with Crippen molar-refractivity contribution < 1.29 is 27.5 Å². The molecule has 270 valence electrons. The lowest BCUT2D eigenvalue weighted by molar-refractivity contribution is -0.140. The van der Waals surface area contributed by atoms with Crippen LogP contribution in [0.15, 0.2) is 95.9 Å². The summed E-state index contributed by atoms with van der Waals surface area (Å²) in [6.45, 7) is 1.22. The number of benzene rings is 4. The molecule has 0 saturated heterocycles. The largest absolute Gasteiger partial charge is 0.493 e. The number of carbonyl (C=O) groups is 2. The topological polar surface area (TPSA) is 105 Å². The van der Waals surface area contributed by atoms with Gasteiger partial charge in [-0.3, -0.25) is 13.9 Å². The van der Waals surface area contributed by atoms with Crippen LogP contribution in [-0.2, 0) is 32.6 Å². The first-order chi connectivity index (χ1) is 24.5. The van der Waals surface area contributed by atoms with Crippen molar-refractivity contribution in [2.24, 2.45) is 0 Å². The van der Waals surface area contributed by atoms with Gasteiger partial charge in [0, 0.05) is 35.1 Å². The molecule has 5 rings (SSSR count). The van der Waals surface area contributed by atoms with Crippen LogP contribution in [0.3, 0.4) is 0 Å². The maximum Gasteiger partial charge on any atom is 0.264 e. The number of amides is 2. The molecule has 51 heavy (non-hydrogen) atoms.